The summed E-state index contributed by atoms with van der Waals surface area (Å²) in [6.07, 6.45) is 7.87. The molecule has 0 aromatic carbocycles. The molecule has 1 aliphatic rings. The van der Waals surface area contributed by atoms with Gasteiger partial charge in [0.1, 0.15) is 5.82 Å². The third kappa shape index (κ3) is 2.34. The predicted octanol–water partition coefficient (Wildman–Crippen LogP) is 2.02. The number of nitrogens with one attached hydrogen (secondary N) is 1. The Bertz CT molecular complexity index is 793. The van der Waals surface area contributed by atoms with Gasteiger partial charge < -0.3 is 10.1 Å². The van der Waals surface area contributed by atoms with Crippen molar-refractivity contribution in [3.63, 3.8) is 0 Å². The Balaban J connectivity index is 1.55. The fraction of sp³-hybridized carbons (Fsp3) is 0.333. The Morgan fingerprint density at radius 1 is 1.27 bits per heavy atom. The normalized spacial score (nSPS) is 14.2. The van der Waals surface area contributed by atoms with Crippen LogP contribution in [0.4, 0.5) is 5.82 Å². The quantitative estimate of drug-likeness (QED) is 0.776. The molecule has 7 heteroatoms. The van der Waals surface area contributed by atoms with E-state index in [0.717, 1.165) is 22.9 Å². The second kappa shape index (κ2) is 5.25. The van der Waals surface area contributed by atoms with Gasteiger partial charge in [-0.05, 0) is 18.4 Å². The molecular formula is C15H16N6O. The van der Waals surface area contributed by atoms with E-state index in [4.69, 9.17) is 4.74 Å². The van der Waals surface area contributed by atoms with Crippen LogP contribution >= 0.6 is 0 Å². The zero-order valence-electron chi connectivity index (χ0n) is 12.2. The van der Waals surface area contributed by atoms with Crippen LogP contribution in [0.1, 0.15) is 30.1 Å². The lowest BCUT2D eigenvalue weighted by molar-refractivity contribution is 0.397. The first-order valence-corrected chi connectivity index (χ1v) is 7.27. The van der Waals surface area contributed by atoms with Gasteiger partial charge in [-0.1, -0.05) is 6.07 Å². The number of nitrogens with zero attached hydrogens (tertiary/aromatic N) is 5. The lowest BCUT2D eigenvalue weighted by Gasteiger charge is -2.07. The Morgan fingerprint density at radius 3 is 2.91 bits per heavy atom. The van der Waals surface area contributed by atoms with Crippen molar-refractivity contribution < 1.29 is 4.74 Å². The van der Waals surface area contributed by atoms with E-state index < -0.39 is 0 Å². The van der Waals surface area contributed by atoms with Crippen molar-refractivity contribution in [2.45, 2.75) is 25.3 Å². The third-order valence-corrected chi connectivity index (χ3v) is 3.76. The van der Waals surface area contributed by atoms with Crippen molar-refractivity contribution in [2.24, 2.45) is 0 Å². The topological polar surface area (TPSA) is 77.2 Å². The number of aromatic nitrogens is 5. The average Bonchev–Trinajstić information content (AvgIpc) is 3.32. The van der Waals surface area contributed by atoms with Crippen LogP contribution in [0.25, 0.3) is 5.65 Å². The van der Waals surface area contributed by atoms with Crippen LogP contribution in [0.3, 0.4) is 0 Å². The number of pyridine rings is 1. The molecule has 1 saturated carbocycles. The molecule has 0 spiro atoms. The molecule has 112 valence electrons. The number of fused-ring (bicyclic) bond motifs is 1. The van der Waals surface area contributed by atoms with Crippen LogP contribution in [0, 0.1) is 0 Å². The molecule has 1 N–H and O–H groups in total. The highest BCUT2D eigenvalue weighted by atomic mass is 16.5. The van der Waals surface area contributed by atoms with Gasteiger partial charge in [0.15, 0.2) is 5.82 Å². The van der Waals surface area contributed by atoms with Gasteiger partial charge in [0.25, 0.3) is 0 Å². The molecule has 0 saturated heterocycles. The first-order valence-electron chi connectivity index (χ1n) is 7.27. The van der Waals surface area contributed by atoms with E-state index >= 15 is 0 Å². The minimum absolute atomic E-state index is 0.552. The number of rotatable bonds is 5. The minimum atomic E-state index is 0.552. The molecule has 0 bridgehead atoms. The van der Waals surface area contributed by atoms with E-state index in [-0.39, 0.29) is 0 Å². The maximum atomic E-state index is 5.06. The van der Waals surface area contributed by atoms with Gasteiger partial charge in [-0.15, -0.1) is 10.2 Å². The zero-order chi connectivity index (χ0) is 14.9. The number of anilines is 1. The minimum Gasteiger partial charge on any atom is -0.481 e. The van der Waals surface area contributed by atoms with Crippen LogP contribution in [0.5, 0.6) is 5.88 Å². The average molecular weight is 296 g/mol. The first kappa shape index (κ1) is 13.0. The van der Waals surface area contributed by atoms with Gasteiger partial charge in [-0.3, -0.25) is 4.40 Å². The number of hydrogen-bond acceptors (Lipinski definition) is 6. The molecule has 3 aromatic rings. The number of ether oxygens (including phenoxy) is 1. The van der Waals surface area contributed by atoms with Gasteiger partial charge in [-0.25, -0.2) is 9.97 Å². The molecule has 0 unspecified atom stereocenters. The molecule has 1 aliphatic carbocycles. The Kier molecular flexibility index (Phi) is 3.10. The maximum Gasteiger partial charge on any atom is 0.212 e. The van der Waals surface area contributed by atoms with Crippen molar-refractivity contribution in [1.82, 2.24) is 24.6 Å². The standard InChI is InChI=1S/C15H16N6O/c1-22-12-5-2-10(8-17-12)9-18-13-15-20-19-14(11-3-4-11)21(15)7-6-16-13/h2,5-8,11H,3-4,9H2,1H3,(H,16,18). The van der Waals surface area contributed by atoms with Crippen LogP contribution in [0.2, 0.25) is 0 Å². The van der Waals surface area contributed by atoms with Gasteiger partial charge in [0.05, 0.1) is 7.11 Å². The molecule has 3 aromatic heterocycles. The summed E-state index contributed by atoms with van der Waals surface area (Å²) in [5.41, 5.74) is 1.82. The van der Waals surface area contributed by atoms with Gasteiger partial charge >= 0.3 is 0 Å². The lowest BCUT2D eigenvalue weighted by atomic mass is 10.3. The van der Waals surface area contributed by atoms with Crippen LogP contribution < -0.4 is 10.1 Å². The molecule has 0 radical (unpaired) electrons. The summed E-state index contributed by atoms with van der Waals surface area (Å²) in [4.78, 5) is 8.56. The highest BCUT2D eigenvalue weighted by molar-refractivity contribution is 5.62. The third-order valence-electron chi connectivity index (χ3n) is 3.76. The summed E-state index contributed by atoms with van der Waals surface area (Å²) in [6, 6.07) is 3.81. The van der Waals surface area contributed by atoms with E-state index in [1.807, 2.05) is 22.7 Å². The fourth-order valence-electron chi connectivity index (χ4n) is 2.41. The van der Waals surface area contributed by atoms with Crippen LogP contribution in [-0.4, -0.2) is 31.7 Å². The molecule has 0 aliphatic heterocycles. The highest BCUT2D eigenvalue weighted by Crippen LogP contribution is 2.39. The van der Waals surface area contributed by atoms with E-state index in [1.165, 1.54) is 12.8 Å². The van der Waals surface area contributed by atoms with Crippen molar-refractivity contribution in [3.05, 3.63) is 42.1 Å². The summed E-state index contributed by atoms with van der Waals surface area (Å²) in [5, 5.41) is 11.9. The highest BCUT2D eigenvalue weighted by Gasteiger charge is 2.29. The van der Waals surface area contributed by atoms with Crippen LogP contribution in [0.15, 0.2) is 30.7 Å². The molecular weight excluding hydrogens is 280 g/mol. The zero-order valence-corrected chi connectivity index (χ0v) is 12.2. The van der Waals surface area contributed by atoms with Crippen LogP contribution in [-0.2, 0) is 6.54 Å². The Hall–Kier alpha value is -2.70. The van der Waals surface area contributed by atoms with Gasteiger partial charge in [-0.2, -0.15) is 0 Å². The molecule has 1 fully saturated rings. The smallest absolute Gasteiger partial charge is 0.212 e. The summed E-state index contributed by atoms with van der Waals surface area (Å²) in [6.45, 7) is 0.620. The summed E-state index contributed by atoms with van der Waals surface area (Å²) in [5.74, 6) is 2.93. The largest absolute Gasteiger partial charge is 0.481 e. The second-order valence-electron chi connectivity index (χ2n) is 5.36. The lowest BCUT2D eigenvalue weighted by Crippen LogP contribution is -2.04. The fourth-order valence-corrected chi connectivity index (χ4v) is 2.41. The predicted molar refractivity (Wildman–Crippen MR) is 80.9 cm³/mol. The summed E-state index contributed by atoms with van der Waals surface area (Å²) in [7, 11) is 1.60. The van der Waals surface area contributed by atoms with E-state index in [9.17, 15) is 0 Å². The molecule has 0 amide bonds. The van der Waals surface area contributed by atoms with Crippen molar-refractivity contribution in [3.8, 4) is 5.88 Å². The van der Waals surface area contributed by atoms with Crippen molar-refractivity contribution >= 4 is 11.5 Å². The van der Waals surface area contributed by atoms with Gasteiger partial charge in [0.2, 0.25) is 11.5 Å². The Labute approximate surface area is 127 Å². The molecule has 7 nitrogen and oxygen atoms in total. The van der Waals surface area contributed by atoms with E-state index in [2.05, 4.69) is 25.5 Å². The monoisotopic (exact) mass is 296 g/mol. The molecule has 0 atom stereocenters. The second-order valence-corrected chi connectivity index (χ2v) is 5.36. The molecule has 4 rings (SSSR count). The summed E-state index contributed by atoms with van der Waals surface area (Å²) >= 11 is 0. The van der Waals surface area contributed by atoms with Crippen molar-refractivity contribution in [2.75, 3.05) is 12.4 Å². The number of hydrogen-bond donors (Lipinski definition) is 1. The first-order chi connectivity index (χ1) is 10.8. The molecule has 22 heavy (non-hydrogen) atoms. The SMILES string of the molecule is COc1ccc(CNc2nccn3c(C4CC4)nnc23)cn1. The van der Waals surface area contributed by atoms with Crippen molar-refractivity contribution in [1.29, 1.82) is 0 Å². The van der Waals surface area contributed by atoms with Gasteiger partial charge in [0, 0.05) is 37.1 Å². The van der Waals surface area contributed by atoms with E-state index in [1.54, 1.807) is 19.5 Å². The Morgan fingerprint density at radius 2 is 2.18 bits per heavy atom. The van der Waals surface area contributed by atoms with E-state index in [0.29, 0.717) is 18.3 Å². The molecule has 3 heterocycles. The maximum absolute atomic E-state index is 5.06. The summed E-state index contributed by atoms with van der Waals surface area (Å²) < 4.78 is 7.08. The number of methoxy groups -OCH3 is 1.